The minimum Gasteiger partial charge on any atom is -0.444 e. The van der Waals surface area contributed by atoms with E-state index in [1.807, 2.05) is 37.8 Å². The highest BCUT2D eigenvalue weighted by Crippen LogP contribution is 2.26. The van der Waals surface area contributed by atoms with E-state index in [9.17, 15) is 9.59 Å². The van der Waals surface area contributed by atoms with Crippen LogP contribution in [-0.2, 0) is 14.2 Å². The van der Waals surface area contributed by atoms with Crippen molar-refractivity contribution in [3.05, 3.63) is 24.3 Å². The Morgan fingerprint density at radius 3 is 2.17 bits per heavy atom. The lowest BCUT2D eigenvalue weighted by atomic mass is 9.96. The molecule has 4 rings (SSSR count). The number of hydrogen-bond acceptors (Lipinski definition) is 6. The molecule has 1 N–H and O–H groups in total. The molecule has 3 amide bonds. The fraction of sp³-hybridized carbons (Fsp3) is 0.704. The highest BCUT2D eigenvalue weighted by molar-refractivity contribution is 5.92. The zero-order valence-corrected chi connectivity index (χ0v) is 22.0. The van der Waals surface area contributed by atoms with Crippen LogP contribution in [-0.4, -0.2) is 87.8 Å². The van der Waals surface area contributed by atoms with Crippen molar-refractivity contribution in [2.24, 2.45) is 5.92 Å². The highest BCUT2D eigenvalue weighted by atomic mass is 16.6. The number of morpholine rings is 1. The van der Waals surface area contributed by atoms with Crippen LogP contribution in [0.5, 0.6) is 0 Å². The molecule has 9 nitrogen and oxygen atoms in total. The Labute approximate surface area is 215 Å². The number of hydrogen-bond donors (Lipinski definition) is 1. The number of likely N-dealkylation sites (tertiary alicyclic amines) is 1. The molecule has 0 aromatic heterocycles. The van der Waals surface area contributed by atoms with Crippen LogP contribution in [0, 0.1) is 5.92 Å². The molecule has 0 atom stereocenters. The summed E-state index contributed by atoms with van der Waals surface area (Å²) in [4.78, 5) is 31.9. The van der Waals surface area contributed by atoms with E-state index < -0.39 is 5.60 Å². The molecule has 3 aliphatic rings. The molecule has 1 aromatic rings. The monoisotopic (exact) mass is 502 g/mol. The van der Waals surface area contributed by atoms with Gasteiger partial charge in [-0.25, -0.2) is 9.59 Å². The number of benzene rings is 1. The maximum atomic E-state index is 13.5. The lowest BCUT2D eigenvalue weighted by molar-refractivity contribution is 0.0186. The van der Waals surface area contributed by atoms with Crippen LogP contribution in [0.3, 0.4) is 0 Å². The molecule has 3 fully saturated rings. The maximum Gasteiger partial charge on any atom is 0.410 e. The van der Waals surface area contributed by atoms with E-state index in [0.717, 1.165) is 63.4 Å². The first kappa shape index (κ1) is 26.5. The van der Waals surface area contributed by atoms with Crippen LogP contribution < -0.4 is 15.1 Å². The molecule has 0 spiro atoms. The van der Waals surface area contributed by atoms with Gasteiger partial charge in [-0.3, -0.25) is 4.90 Å². The first-order chi connectivity index (χ1) is 17.3. The van der Waals surface area contributed by atoms with Gasteiger partial charge in [-0.05, 0) is 76.6 Å². The Morgan fingerprint density at radius 1 is 0.944 bits per heavy atom. The minimum atomic E-state index is -0.500. The molecule has 0 aliphatic carbocycles. The zero-order chi connectivity index (χ0) is 25.5. The van der Waals surface area contributed by atoms with Crippen LogP contribution in [0.25, 0.3) is 0 Å². The molecular weight excluding hydrogens is 460 g/mol. The number of urea groups is 1. The Hall–Kier alpha value is -2.52. The predicted molar refractivity (Wildman–Crippen MR) is 140 cm³/mol. The van der Waals surface area contributed by atoms with E-state index in [4.69, 9.17) is 14.2 Å². The Kier molecular flexibility index (Phi) is 8.95. The zero-order valence-electron chi connectivity index (χ0n) is 22.0. The SMILES string of the molecule is CC(C)(C)OC(=O)N1CCC(CN(C(=O)NC2CCOCC2)c2ccc(N3CCOCC3)cc2)CC1. The highest BCUT2D eigenvalue weighted by Gasteiger charge is 2.30. The van der Waals surface area contributed by atoms with E-state index in [1.54, 1.807) is 4.90 Å². The summed E-state index contributed by atoms with van der Waals surface area (Å²) < 4.78 is 16.5. The van der Waals surface area contributed by atoms with E-state index in [2.05, 4.69) is 22.3 Å². The second-order valence-electron chi connectivity index (χ2n) is 11.0. The van der Waals surface area contributed by atoms with Gasteiger partial charge in [-0.2, -0.15) is 0 Å². The van der Waals surface area contributed by atoms with E-state index in [0.29, 0.717) is 38.8 Å². The normalized spacial score (nSPS) is 20.2. The average Bonchev–Trinajstić information content (AvgIpc) is 2.88. The van der Waals surface area contributed by atoms with Gasteiger partial charge in [0.25, 0.3) is 0 Å². The van der Waals surface area contributed by atoms with Gasteiger partial charge in [-0.15, -0.1) is 0 Å². The number of carbonyl (C=O) groups excluding carboxylic acids is 2. The van der Waals surface area contributed by atoms with Gasteiger partial charge in [0.1, 0.15) is 5.60 Å². The molecule has 0 unspecified atom stereocenters. The van der Waals surface area contributed by atoms with Crippen molar-refractivity contribution < 1.29 is 23.8 Å². The second kappa shape index (κ2) is 12.1. The van der Waals surface area contributed by atoms with Gasteiger partial charge in [0.2, 0.25) is 0 Å². The summed E-state index contributed by atoms with van der Waals surface area (Å²) in [6, 6.07) is 8.36. The molecule has 3 aliphatic heterocycles. The quantitative estimate of drug-likeness (QED) is 0.658. The van der Waals surface area contributed by atoms with Crippen molar-refractivity contribution in [2.75, 3.05) is 69.0 Å². The minimum absolute atomic E-state index is 0.0596. The number of nitrogens with one attached hydrogen (secondary N) is 1. The number of rotatable bonds is 5. The summed E-state index contributed by atoms with van der Waals surface area (Å²) in [5.41, 5.74) is 1.55. The van der Waals surface area contributed by atoms with Crippen LogP contribution in [0.2, 0.25) is 0 Å². The number of ether oxygens (including phenoxy) is 3. The predicted octanol–water partition coefficient (Wildman–Crippen LogP) is 3.87. The summed E-state index contributed by atoms with van der Waals surface area (Å²) in [7, 11) is 0. The molecular formula is C27H42N4O5. The fourth-order valence-electron chi connectivity index (χ4n) is 4.95. The largest absolute Gasteiger partial charge is 0.444 e. The second-order valence-corrected chi connectivity index (χ2v) is 11.0. The average molecular weight is 503 g/mol. The molecule has 3 heterocycles. The molecule has 0 radical (unpaired) electrons. The molecule has 0 saturated carbocycles. The summed E-state index contributed by atoms with van der Waals surface area (Å²) in [6.07, 6.45) is 3.10. The van der Waals surface area contributed by atoms with Crippen molar-refractivity contribution in [2.45, 2.75) is 58.1 Å². The van der Waals surface area contributed by atoms with Crippen LogP contribution >= 0.6 is 0 Å². The summed E-state index contributed by atoms with van der Waals surface area (Å²) >= 11 is 0. The van der Waals surface area contributed by atoms with Crippen LogP contribution in [0.1, 0.15) is 46.5 Å². The Morgan fingerprint density at radius 2 is 1.56 bits per heavy atom. The van der Waals surface area contributed by atoms with E-state index in [-0.39, 0.29) is 18.2 Å². The first-order valence-electron chi connectivity index (χ1n) is 13.3. The smallest absolute Gasteiger partial charge is 0.410 e. The third-order valence-corrected chi connectivity index (χ3v) is 7.04. The van der Waals surface area contributed by atoms with Crippen molar-refractivity contribution in [3.8, 4) is 0 Å². The summed E-state index contributed by atoms with van der Waals surface area (Å²) in [5, 5.41) is 3.23. The van der Waals surface area contributed by atoms with Crippen molar-refractivity contribution in [3.63, 3.8) is 0 Å². The number of piperidine rings is 1. The Balaban J connectivity index is 1.41. The van der Waals surface area contributed by atoms with E-state index >= 15 is 0 Å². The topological polar surface area (TPSA) is 83.6 Å². The third kappa shape index (κ3) is 7.49. The van der Waals surface area contributed by atoms with Gasteiger partial charge >= 0.3 is 12.1 Å². The molecule has 0 bridgehead atoms. The van der Waals surface area contributed by atoms with Gasteiger partial charge in [0.15, 0.2) is 0 Å². The fourth-order valence-corrected chi connectivity index (χ4v) is 4.95. The van der Waals surface area contributed by atoms with Crippen molar-refractivity contribution in [1.82, 2.24) is 10.2 Å². The maximum absolute atomic E-state index is 13.5. The number of carbonyl (C=O) groups is 2. The summed E-state index contributed by atoms with van der Waals surface area (Å²) in [5.74, 6) is 0.308. The number of anilines is 2. The first-order valence-corrected chi connectivity index (χ1v) is 13.3. The lowest BCUT2D eigenvalue weighted by Crippen LogP contribution is -2.50. The van der Waals surface area contributed by atoms with Gasteiger partial charge in [0, 0.05) is 63.4 Å². The van der Waals surface area contributed by atoms with Gasteiger partial charge < -0.3 is 29.3 Å². The van der Waals surface area contributed by atoms with Crippen LogP contribution in [0.15, 0.2) is 24.3 Å². The van der Waals surface area contributed by atoms with Crippen molar-refractivity contribution >= 4 is 23.5 Å². The standard InChI is InChI=1S/C27H42N4O5/c1-27(2,3)36-26(33)30-12-8-21(9-13-30)20-31(25(32)28-22-10-16-34-17-11-22)24-6-4-23(5-7-24)29-14-18-35-19-15-29/h4-7,21-22H,8-20H2,1-3H3,(H,28,32). The van der Waals surface area contributed by atoms with Crippen LogP contribution in [0.4, 0.5) is 21.0 Å². The van der Waals surface area contributed by atoms with Gasteiger partial charge in [0.05, 0.1) is 13.2 Å². The van der Waals surface area contributed by atoms with Crippen molar-refractivity contribution in [1.29, 1.82) is 0 Å². The molecule has 9 heteroatoms. The molecule has 3 saturated heterocycles. The lowest BCUT2D eigenvalue weighted by Gasteiger charge is -2.36. The number of amides is 3. The molecule has 36 heavy (non-hydrogen) atoms. The van der Waals surface area contributed by atoms with Gasteiger partial charge in [-0.1, -0.05) is 0 Å². The number of nitrogens with zero attached hydrogens (tertiary/aromatic N) is 3. The molecule has 1 aromatic carbocycles. The molecule has 200 valence electrons. The van der Waals surface area contributed by atoms with E-state index in [1.165, 1.54) is 0 Å². The Bertz CT molecular complexity index is 852. The third-order valence-electron chi connectivity index (χ3n) is 7.04. The summed E-state index contributed by atoms with van der Waals surface area (Å²) in [6.45, 7) is 12.2.